The van der Waals surface area contributed by atoms with Crippen molar-refractivity contribution in [2.24, 2.45) is 7.05 Å². The van der Waals surface area contributed by atoms with Gasteiger partial charge in [0.2, 0.25) is 0 Å². The molecular weight excluding hydrogens is 400 g/mol. The van der Waals surface area contributed by atoms with E-state index < -0.39 is 12.1 Å². The molecule has 5 nitrogen and oxygen atoms in total. The molecule has 6 heteroatoms. The maximum atomic E-state index is 11.2. The molecular formula is C24H33ClN2O3. The summed E-state index contributed by atoms with van der Waals surface area (Å²) in [4.78, 5) is 11.2. The molecule has 1 unspecified atom stereocenters. The number of aromatic nitrogens is 2. The van der Waals surface area contributed by atoms with Gasteiger partial charge in [0.15, 0.2) is 0 Å². The number of aliphatic hydroxyl groups excluding tert-OH is 1. The van der Waals surface area contributed by atoms with Gasteiger partial charge in [0, 0.05) is 25.2 Å². The molecule has 0 spiro atoms. The number of rotatable bonds is 13. The fourth-order valence-electron chi connectivity index (χ4n) is 3.48. The second kappa shape index (κ2) is 13.2. The van der Waals surface area contributed by atoms with Crippen molar-refractivity contribution in [1.82, 2.24) is 9.78 Å². The van der Waals surface area contributed by atoms with Gasteiger partial charge in [0.1, 0.15) is 11.9 Å². The van der Waals surface area contributed by atoms with E-state index in [1.54, 1.807) is 4.68 Å². The Labute approximate surface area is 184 Å². The number of allylic oxidation sites excluding steroid dienone is 1. The lowest BCUT2D eigenvalue weighted by Crippen LogP contribution is -2.03. The van der Waals surface area contributed by atoms with Gasteiger partial charge >= 0.3 is 5.97 Å². The van der Waals surface area contributed by atoms with Gasteiger partial charge in [0.05, 0.1) is 12.3 Å². The van der Waals surface area contributed by atoms with Crippen LogP contribution in [0.1, 0.15) is 81.9 Å². The van der Waals surface area contributed by atoms with Crippen molar-refractivity contribution in [3.63, 3.8) is 0 Å². The predicted octanol–water partition coefficient (Wildman–Crippen LogP) is 6.36. The Balaban J connectivity index is 2.10. The Morgan fingerprint density at radius 1 is 1.23 bits per heavy atom. The molecule has 164 valence electrons. The van der Waals surface area contributed by atoms with E-state index in [-0.39, 0.29) is 6.42 Å². The van der Waals surface area contributed by atoms with E-state index in [4.69, 9.17) is 11.9 Å². The van der Waals surface area contributed by atoms with Crippen LogP contribution in [0.15, 0.2) is 36.7 Å². The van der Waals surface area contributed by atoms with Gasteiger partial charge in [-0.2, -0.15) is 5.10 Å². The number of hydrogen-bond donors (Lipinski definition) is 1. The van der Waals surface area contributed by atoms with Crippen LogP contribution in [0.2, 0.25) is 0 Å². The highest BCUT2D eigenvalue weighted by Gasteiger charge is 2.14. The highest BCUT2D eigenvalue weighted by Crippen LogP contribution is 2.29. The third-order valence-electron chi connectivity index (χ3n) is 5.20. The van der Waals surface area contributed by atoms with Gasteiger partial charge in [-0.05, 0) is 48.4 Å². The number of benzene rings is 1. The predicted molar refractivity (Wildman–Crippen MR) is 122 cm³/mol. The summed E-state index contributed by atoms with van der Waals surface area (Å²) in [5.74, 6) is -0.473. The highest BCUT2D eigenvalue weighted by molar-refractivity contribution is 6.13. The Kier molecular flexibility index (Phi) is 10.7. The second-order valence-corrected chi connectivity index (χ2v) is 7.86. The van der Waals surface area contributed by atoms with Crippen LogP contribution in [0.3, 0.4) is 0 Å². The van der Waals surface area contributed by atoms with Gasteiger partial charge in [-0.15, -0.1) is 0 Å². The van der Waals surface area contributed by atoms with E-state index >= 15 is 0 Å². The van der Waals surface area contributed by atoms with Gasteiger partial charge in [-0.25, -0.2) is 0 Å². The molecule has 0 bridgehead atoms. The fraction of sp³-hybridized carbons (Fsp3) is 0.500. The first-order chi connectivity index (χ1) is 14.5. The minimum atomic E-state index is -0.653. The summed E-state index contributed by atoms with van der Waals surface area (Å²) in [5, 5.41) is 15.0. The molecule has 0 saturated carbocycles. The van der Waals surface area contributed by atoms with Crippen LogP contribution in [0.5, 0.6) is 0 Å². The summed E-state index contributed by atoms with van der Waals surface area (Å²) in [7, 11) is 1.90. The number of carbonyl (C=O) groups is 1. The van der Waals surface area contributed by atoms with Gasteiger partial charge < -0.3 is 9.40 Å². The minimum Gasteiger partial charge on any atom is -0.388 e. The third-order valence-corrected chi connectivity index (χ3v) is 5.37. The van der Waals surface area contributed by atoms with Gasteiger partial charge in [0.25, 0.3) is 0 Å². The standard InChI is InChI=1S/C24H33ClN2O3/c1-3-4-5-6-7-8-9-11-20-16-19(21-17-26-27(2)18-21)14-15-22(20)23(28)12-10-13-24(29)30-25/h9,11,14-18,23,28H,3-8,10,12-13H2,1-2H3/b11-9+. The lowest BCUT2D eigenvalue weighted by atomic mass is 9.94. The zero-order valence-corrected chi connectivity index (χ0v) is 18.8. The van der Waals surface area contributed by atoms with Crippen molar-refractivity contribution in [2.45, 2.75) is 70.8 Å². The number of halogens is 1. The molecule has 1 atom stereocenters. The minimum absolute atomic E-state index is 0.192. The van der Waals surface area contributed by atoms with Crippen LogP contribution in [0.4, 0.5) is 0 Å². The van der Waals surface area contributed by atoms with Crippen LogP contribution in [0, 0.1) is 0 Å². The Hall–Kier alpha value is -2.11. The molecule has 1 N–H and O–H groups in total. The monoisotopic (exact) mass is 432 g/mol. The molecule has 30 heavy (non-hydrogen) atoms. The third kappa shape index (κ3) is 7.96. The fourth-order valence-corrected chi connectivity index (χ4v) is 3.56. The van der Waals surface area contributed by atoms with Crippen LogP contribution >= 0.6 is 11.9 Å². The average Bonchev–Trinajstić information content (AvgIpc) is 3.19. The smallest absolute Gasteiger partial charge is 0.324 e. The molecule has 0 aliphatic rings. The molecule has 0 saturated heterocycles. The van der Waals surface area contributed by atoms with Crippen LogP contribution in [-0.4, -0.2) is 20.9 Å². The average molecular weight is 433 g/mol. The summed E-state index contributed by atoms with van der Waals surface area (Å²) in [6.45, 7) is 2.22. The number of aliphatic hydroxyl groups is 1. The normalized spacial score (nSPS) is 12.4. The summed E-state index contributed by atoms with van der Waals surface area (Å²) >= 11 is 5.07. The molecule has 0 aliphatic carbocycles. The Morgan fingerprint density at radius 2 is 2.03 bits per heavy atom. The van der Waals surface area contributed by atoms with E-state index in [0.717, 1.165) is 28.7 Å². The van der Waals surface area contributed by atoms with Crippen LogP contribution < -0.4 is 0 Å². The van der Waals surface area contributed by atoms with Crippen LogP contribution in [0.25, 0.3) is 17.2 Å². The largest absolute Gasteiger partial charge is 0.388 e. The first kappa shape index (κ1) is 24.2. The quantitative estimate of drug-likeness (QED) is 0.374. The zero-order chi connectivity index (χ0) is 21.8. The second-order valence-electron chi connectivity index (χ2n) is 7.71. The number of hydrogen-bond acceptors (Lipinski definition) is 4. The molecule has 1 aromatic carbocycles. The van der Waals surface area contributed by atoms with E-state index in [1.807, 2.05) is 31.6 Å². The number of carbonyl (C=O) groups excluding carboxylic acids is 1. The zero-order valence-electron chi connectivity index (χ0n) is 18.0. The van der Waals surface area contributed by atoms with E-state index in [0.29, 0.717) is 12.8 Å². The molecule has 0 aliphatic heterocycles. The molecule has 1 aromatic heterocycles. The molecule has 0 radical (unpaired) electrons. The molecule has 0 amide bonds. The van der Waals surface area contributed by atoms with Crippen molar-refractivity contribution in [3.8, 4) is 11.1 Å². The first-order valence-corrected chi connectivity index (χ1v) is 11.1. The summed E-state index contributed by atoms with van der Waals surface area (Å²) < 4.78 is 5.94. The van der Waals surface area contributed by atoms with Gasteiger partial charge in [-0.3, -0.25) is 9.48 Å². The molecule has 0 fully saturated rings. The summed E-state index contributed by atoms with van der Waals surface area (Å²) in [6, 6.07) is 6.06. The van der Waals surface area contributed by atoms with E-state index in [2.05, 4.69) is 34.5 Å². The van der Waals surface area contributed by atoms with Crippen molar-refractivity contribution in [3.05, 3.63) is 47.8 Å². The van der Waals surface area contributed by atoms with Crippen molar-refractivity contribution in [2.75, 3.05) is 0 Å². The Bertz CT molecular complexity index is 817. The maximum absolute atomic E-state index is 11.2. The Morgan fingerprint density at radius 3 is 2.73 bits per heavy atom. The first-order valence-electron chi connectivity index (χ1n) is 10.8. The number of nitrogens with zero attached hydrogens (tertiary/aromatic N) is 2. The topological polar surface area (TPSA) is 64.3 Å². The van der Waals surface area contributed by atoms with E-state index in [1.165, 1.54) is 32.1 Å². The van der Waals surface area contributed by atoms with Crippen molar-refractivity contribution in [1.29, 1.82) is 0 Å². The van der Waals surface area contributed by atoms with Crippen LogP contribution in [-0.2, 0) is 16.1 Å². The molecule has 2 aromatic rings. The summed E-state index contributed by atoms with van der Waals surface area (Å²) in [6.07, 6.45) is 15.9. The SMILES string of the molecule is CCCCCCC/C=C/c1cc(-c2cnn(C)c2)ccc1C(O)CCCC(=O)OCl. The molecule has 1 heterocycles. The maximum Gasteiger partial charge on any atom is 0.324 e. The number of unbranched alkanes of at least 4 members (excludes halogenated alkanes) is 5. The van der Waals surface area contributed by atoms with Crippen molar-refractivity contribution >= 4 is 23.9 Å². The lowest BCUT2D eigenvalue weighted by molar-refractivity contribution is -0.134. The number of aryl methyl sites for hydroxylation is 1. The molecule has 2 rings (SSSR count). The highest BCUT2D eigenvalue weighted by atomic mass is 35.5. The van der Waals surface area contributed by atoms with E-state index in [9.17, 15) is 9.90 Å². The van der Waals surface area contributed by atoms with Crippen molar-refractivity contribution < 1.29 is 14.2 Å². The lowest BCUT2D eigenvalue weighted by Gasteiger charge is -2.15. The summed E-state index contributed by atoms with van der Waals surface area (Å²) in [5.41, 5.74) is 3.96. The van der Waals surface area contributed by atoms with Gasteiger partial charge in [-0.1, -0.05) is 56.9 Å².